The molecule has 1 aromatic carbocycles. The lowest BCUT2D eigenvalue weighted by molar-refractivity contribution is 0.379. The van der Waals surface area contributed by atoms with E-state index >= 15 is 0 Å². The lowest BCUT2D eigenvalue weighted by Gasteiger charge is -2.30. The summed E-state index contributed by atoms with van der Waals surface area (Å²) in [5, 5.41) is 3.97. The fourth-order valence-electron chi connectivity index (χ4n) is 2.89. The molecule has 1 aliphatic heterocycles. The summed E-state index contributed by atoms with van der Waals surface area (Å²) < 4.78 is 16.2. The molecule has 2 N–H and O–H groups in total. The molecule has 0 radical (unpaired) electrons. The lowest BCUT2D eigenvalue weighted by Crippen LogP contribution is -2.29. The average Bonchev–Trinajstić information content (AvgIpc) is 3.10. The van der Waals surface area contributed by atoms with Gasteiger partial charge in [0.05, 0.1) is 32.0 Å². The Balaban J connectivity index is 2.03. The molecule has 0 atom stereocenters. The molecule has 0 aliphatic carbocycles. The summed E-state index contributed by atoms with van der Waals surface area (Å²) >= 11 is 0. The van der Waals surface area contributed by atoms with Gasteiger partial charge in [0.2, 0.25) is 11.7 Å². The van der Waals surface area contributed by atoms with E-state index in [1.165, 1.54) is 19.3 Å². The fraction of sp³-hybridized carbons (Fsp3) is 0.500. The summed E-state index contributed by atoms with van der Waals surface area (Å²) in [6.07, 6.45) is 3.66. The van der Waals surface area contributed by atoms with Gasteiger partial charge in [-0.15, -0.1) is 0 Å². The highest BCUT2D eigenvalue weighted by atomic mass is 16.5. The number of anilines is 1. The molecule has 7 nitrogen and oxygen atoms in total. The van der Waals surface area contributed by atoms with Crippen LogP contribution in [0.25, 0.3) is 11.4 Å². The van der Waals surface area contributed by atoms with Gasteiger partial charge in [0.25, 0.3) is 0 Å². The molecule has 1 aliphatic rings. The van der Waals surface area contributed by atoms with E-state index in [2.05, 4.69) is 15.0 Å². The van der Waals surface area contributed by atoms with E-state index in [1.54, 1.807) is 14.2 Å². The monoisotopic (exact) mass is 318 g/mol. The molecule has 3 rings (SSSR count). The molecule has 2 aromatic rings. The van der Waals surface area contributed by atoms with Crippen LogP contribution in [0.5, 0.6) is 11.5 Å². The number of methoxy groups -OCH3 is 2. The quantitative estimate of drug-likeness (QED) is 0.904. The van der Waals surface area contributed by atoms with E-state index in [1.807, 2.05) is 12.1 Å². The largest absolute Gasteiger partial charge is 0.496 e. The van der Waals surface area contributed by atoms with Crippen molar-refractivity contribution in [3.63, 3.8) is 0 Å². The molecule has 124 valence electrons. The zero-order chi connectivity index (χ0) is 16.2. The van der Waals surface area contributed by atoms with Crippen molar-refractivity contribution in [3.05, 3.63) is 18.0 Å². The molecule has 2 heterocycles. The fourth-order valence-corrected chi connectivity index (χ4v) is 2.89. The maximum atomic E-state index is 5.59. The molecular weight excluding hydrogens is 296 g/mol. The van der Waals surface area contributed by atoms with Gasteiger partial charge in [-0.2, -0.15) is 4.98 Å². The number of rotatable bonds is 5. The van der Waals surface area contributed by atoms with Crippen LogP contribution in [0.15, 0.2) is 16.7 Å². The molecule has 0 amide bonds. The van der Waals surface area contributed by atoms with E-state index in [0.717, 1.165) is 30.1 Å². The summed E-state index contributed by atoms with van der Waals surface area (Å²) in [6.45, 7) is 2.26. The van der Waals surface area contributed by atoms with Gasteiger partial charge in [0, 0.05) is 19.2 Å². The Morgan fingerprint density at radius 3 is 2.48 bits per heavy atom. The minimum atomic E-state index is 0.207. The Hall–Kier alpha value is -2.28. The second kappa shape index (κ2) is 6.87. The van der Waals surface area contributed by atoms with Crippen LogP contribution < -0.4 is 20.1 Å². The summed E-state index contributed by atoms with van der Waals surface area (Å²) in [6, 6.07) is 3.88. The van der Waals surface area contributed by atoms with Crippen LogP contribution in [0.4, 0.5) is 5.69 Å². The Labute approximate surface area is 135 Å². The minimum absolute atomic E-state index is 0.207. The molecule has 7 heteroatoms. The van der Waals surface area contributed by atoms with E-state index in [0.29, 0.717) is 17.5 Å². The highest BCUT2D eigenvalue weighted by molar-refractivity contribution is 5.74. The van der Waals surface area contributed by atoms with E-state index < -0.39 is 0 Å². The number of piperidine rings is 1. The Morgan fingerprint density at radius 2 is 1.87 bits per heavy atom. The van der Waals surface area contributed by atoms with Gasteiger partial charge in [0.1, 0.15) is 11.5 Å². The van der Waals surface area contributed by atoms with Crippen molar-refractivity contribution in [1.82, 2.24) is 10.1 Å². The SMILES string of the molecule is COc1cc(N2CCCCC2)c(OC)cc1-c1noc(CN)n1. The van der Waals surface area contributed by atoms with Crippen molar-refractivity contribution in [2.24, 2.45) is 5.73 Å². The van der Waals surface area contributed by atoms with Gasteiger partial charge in [-0.05, 0) is 25.3 Å². The molecule has 0 unspecified atom stereocenters. The van der Waals surface area contributed by atoms with Crippen molar-refractivity contribution in [1.29, 1.82) is 0 Å². The first kappa shape index (κ1) is 15.6. The molecule has 23 heavy (non-hydrogen) atoms. The van der Waals surface area contributed by atoms with Crippen LogP contribution in [0.2, 0.25) is 0 Å². The number of ether oxygens (including phenoxy) is 2. The van der Waals surface area contributed by atoms with E-state index in [9.17, 15) is 0 Å². The third kappa shape index (κ3) is 3.10. The molecule has 1 fully saturated rings. The topological polar surface area (TPSA) is 86.6 Å². The zero-order valence-corrected chi connectivity index (χ0v) is 13.5. The molecular formula is C16H22N4O3. The molecule has 0 bridgehead atoms. The highest BCUT2D eigenvalue weighted by Crippen LogP contribution is 2.40. The Kier molecular flexibility index (Phi) is 4.66. The van der Waals surface area contributed by atoms with Crippen molar-refractivity contribution in [2.75, 3.05) is 32.2 Å². The van der Waals surface area contributed by atoms with Gasteiger partial charge in [-0.3, -0.25) is 0 Å². The predicted octanol–water partition coefficient (Wildman–Crippen LogP) is 2.20. The lowest BCUT2D eigenvalue weighted by atomic mass is 10.1. The average molecular weight is 318 g/mol. The third-order valence-electron chi connectivity index (χ3n) is 4.08. The van der Waals surface area contributed by atoms with Crippen molar-refractivity contribution in [3.8, 4) is 22.9 Å². The highest BCUT2D eigenvalue weighted by Gasteiger charge is 2.21. The zero-order valence-electron chi connectivity index (χ0n) is 13.5. The summed E-state index contributed by atoms with van der Waals surface area (Å²) in [5.74, 6) is 2.31. The summed E-state index contributed by atoms with van der Waals surface area (Å²) in [5.41, 5.74) is 7.30. The van der Waals surface area contributed by atoms with Crippen molar-refractivity contribution < 1.29 is 14.0 Å². The Morgan fingerprint density at radius 1 is 1.13 bits per heavy atom. The first-order valence-electron chi connectivity index (χ1n) is 7.80. The van der Waals surface area contributed by atoms with Gasteiger partial charge in [-0.1, -0.05) is 5.16 Å². The van der Waals surface area contributed by atoms with Gasteiger partial charge in [0.15, 0.2) is 0 Å². The van der Waals surface area contributed by atoms with Crippen LogP contribution in [-0.2, 0) is 6.54 Å². The first-order chi connectivity index (χ1) is 11.3. The number of aromatic nitrogens is 2. The standard InChI is InChI=1S/C16H22N4O3/c1-21-13-9-12(20-6-4-3-5-7-20)14(22-2)8-11(13)16-18-15(10-17)23-19-16/h8-9H,3-7,10,17H2,1-2H3. The summed E-state index contributed by atoms with van der Waals surface area (Å²) in [4.78, 5) is 6.60. The van der Waals surface area contributed by atoms with E-state index in [-0.39, 0.29) is 6.54 Å². The molecule has 1 aromatic heterocycles. The third-order valence-corrected chi connectivity index (χ3v) is 4.08. The minimum Gasteiger partial charge on any atom is -0.496 e. The van der Waals surface area contributed by atoms with Crippen LogP contribution in [0, 0.1) is 0 Å². The van der Waals surface area contributed by atoms with Crippen molar-refractivity contribution >= 4 is 5.69 Å². The van der Waals surface area contributed by atoms with Crippen LogP contribution in [-0.4, -0.2) is 37.4 Å². The van der Waals surface area contributed by atoms with Crippen molar-refractivity contribution in [2.45, 2.75) is 25.8 Å². The molecule has 0 saturated carbocycles. The second-order valence-electron chi connectivity index (χ2n) is 5.49. The normalized spacial score (nSPS) is 14.8. The van der Waals surface area contributed by atoms with Gasteiger partial charge in [-0.25, -0.2) is 0 Å². The number of benzene rings is 1. The second-order valence-corrected chi connectivity index (χ2v) is 5.49. The molecule has 1 saturated heterocycles. The van der Waals surface area contributed by atoms with Gasteiger partial charge < -0.3 is 24.6 Å². The number of nitrogens with two attached hydrogens (primary N) is 1. The van der Waals surface area contributed by atoms with Gasteiger partial charge >= 0.3 is 0 Å². The maximum Gasteiger partial charge on any atom is 0.240 e. The van der Waals surface area contributed by atoms with Crippen LogP contribution in [0.3, 0.4) is 0 Å². The number of hydrogen-bond acceptors (Lipinski definition) is 7. The maximum absolute atomic E-state index is 5.59. The first-order valence-corrected chi connectivity index (χ1v) is 7.80. The smallest absolute Gasteiger partial charge is 0.240 e. The molecule has 0 spiro atoms. The van der Waals surface area contributed by atoms with Crippen LogP contribution >= 0.6 is 0 Å². The van der Waals surface area contributed by atoms with E-state index in [4.69, 9.17) is 19.7 Å². The number of hydrogen-bond donors (Lipinski definition) is 1. The summed E-state index contributed by atoms with van der Waals surface area (Å²) in [7, 11) is 3.30. The Bertz CT molecular complexity index is 665. The number of nitrogens with zero attached hydrogens (tertiary/aromatic N) is 3. The van der Waals surface area contributed by atoms with Crippen LogP contribution in [0.1, 0.15) is 25.2 Å². The predicted molar refractivity (Wildman–Crippen MR) is 86.8 cm³/mol.